The topological polar surface area (TPSA) is 60.8 Å². The Hall–Kier alpha value is -1.53. The molecule has 28 heavy (non-hydrogen) atoms. The van der Waals surface area contributed by atoms with Gasteiger partial charge in [-0.2, -0.15) is 0 Å². The van der Waals surface area contributed by atoms with Crippen molar-refractivity contribution in [2.75, 3.05) is 20.2 Å². The van der Waals surface area contributed by atoms with Crippen LogP contribution in [-0.2, 0) is 16.0 Å². The maximum absolute atomic E-state index is 12.7. The average molecular weight is 411 g/mol. The van der Waals surface area contributed by atoms with Crippen LogP contribution in [-0.4, -0.2) is 47.0 Å². The zero-order chi connectivity index (χ0) is 20.6. The second-order valence-electron chi connectivity index (χ2n) is 9.15. The number of rotatable bonds is 3. The van der Waals surface area contributed by atoms with Gasteiger partial charge in [0, 0.05) is 42.9 Å². The minimum atomic E-state index is -0.521. The van der Waals surface area contributed by atoms with Crippen LogP contribution in [0.4, 0.5) is 4.79 Å². The number of nitrogens with zero attached hydrogens (tertiary/aromatic N) is 2. The van der Waals surface area contributed by atoms with Crippen LogP contribution in [0, 0.1) is 5.41 Å². The Morgan fingerprint density at radius 3 is 2.50 bits per heavy atom. The lowest BCUT2D eigenvalue weighted by Gasteiger charge is -2.54. The summed E-state index contributed by atoms with van der Waals surface area (Å²) in [6.07, 6.45) is 6.27. The highest BCUT2D eigenvalue weighted by Gasteiger charge is 2.57. The summed E-state index contributed by atoms with van der Waals surface area (Å²) in [5, 5.41) is 0.433. The van der Waals surface area contributed by atoms with Gasteiger partial charge in [0.2, 0.25) is 0 Å². The summed E-state index contributed by atoms with van der Waals surface area (Å²) in [7, 11) is 1.73. The first-order valence-corrected chi connectivity index (χ1v) is 10.4. The molecule has 1 aromatic rings. The van der Waals surface area contributed by atoms with Crippen LogP contribution in [0.25, 0.3) is 0 Å². The summed E-state index contributed by atoms with van der Waals surface area (Å²) in [6.45, 7) is 7.25. The van der Waals surface area contributed by atoms with E-state index in [1.165, 1.54) is 6.07 Å². The third kappa shape index (κ3) is 4.08. The monoisotopic (exact) mass is 410 g/mol. The van der Waals surface area contributed by atoms with Gasteiger partial charge in [-0.1, -0.05) is 24.4 Å². The normalized spacial score (nSPS) is 24.5. The Kier molecular flexibility index (Phi) is 5.84. The third-order valence-electron chi connectivity index (χ3n) is 6.23. The van der Waals surface area contributed by atoms with E-state index in [4.69, 9.17) is 21.1 Å². The molecule has 156 valence electrons. The number of aromatic nitrogens is 1. The van der Waals surface area contributed by atoms with E-state index in [0.29, 0.717) is 31.1 Å². The number of pyridine rings is 1. The van der Waals surface area contributed by atoms with Crippen LogP contribution in [0.3, 0.4) is 0 Å². The second kappa shape index (κ2) is 7.71. The van der Waals surface area contributed by atoms with E-state index in [1.54, 1.807) is 23.9 Å². The number of hydrogen-bond acceptors (Lipinski definition) is 4. The Morgan fingerprint density at radius 2 is 1.93 bits per heavy atom. The summed E-state index contributed by atoms with van der Waals surface area (Å²) in [5.74, 6) is 0. The lowest BCUT2D eigenvalue weighted by molar-refractivity contribution is -0.161. The molecule has 0 unspecified atom stereocenters. The fourth-order valence-electron chi connectivity index (χ4n) is 4.84. The Labute approximate surface area is 171 Å². The standard InChI is InChI=1S/C21H31ClN2O4/c1-19(2,3)28-18(26)24-12-10-21(27-4,20(14-24)8-5-6-9-20)15-23-11-7-16(22)13-17(23)25/h7,11,13H,5-6,8-10,12,14-15H2,1-4H3/t21-/m1/s1. The smallest absolute Gasteiger partial charge is 0.410 e. The van der Waals surface area contributed by atoms with Gasteiger partial charge in [-0.05, 0) is 46.1 Å². The van der Waals surface area contributed by atoms with Gasteiger partial charge in [0.05, 0.1) is 12.1 Å². The molecule has 1 aliphatic carbocycles. The number of likely N-dealkylation sites (tertiary alicyclic amines) is 1. The van der Waals surface area contributed by atoms with Crippen LogP contribution in [0.2, 0.25) is 5.02 Å². The molecule has 3 rings (SSSR count). The minimum absolute atomic E-state index is 0.133. The molecule has 1 aliphatic heterocycles. The fourth-order valence-corrected chi connectivity index (χ4v) is 4.99. The summed E-state index contributed by atoms with van der Waals surface area (Å²) in [4.78, 5) is 27.0. The van der Waals surface area contributed by atoms with Crippen molar-refractivity contribution in [3.05, 3.63) is 33.7 Å². The van der Waals surface area contributed by atoms with E-state index in [2.05, 4.69) is 0 Å². The van der Waals surface area contributed by atoms with Crippen molar-refractivity contribution >= 4 is 17.7 Å². The zero-order valence-electron chi connectivity index (χ0n) is 17.3. The molecule has 2 aliphatic rings. The van der Waals surface area contributed by atoms with Crippen molar-refractivity contribution in [1.29, 1.82) is 0 Å². The quantitative estimate of drug-likeness (QED) is 0.753. The molecule has 0 N–H and O–H groups in total. The molecule has 1 spiro atoms. The van der Waals surface area contributed by atoms with Crippen molar-refractivity contribution < 1.29 is 14.3 Å². The van der Waals surface area contributed by atoms with Crippen molar-refractivity contribution in [2.45, 2.75) is 70.6 Å². The maximum atomic E-state index is 12.7. The van der Waals surface area contributed by atoms with Crippen LogP contribution < -0.4 is 5.56 Å². The molecule has 1 aromatic heterocycles. The molecule has 0 radical (unpaired) electrons. The van der Waals surface area contributed by atoms with Crippen LogP contribution in [0.15, 0.2) is 23.1 Å². The molecule has 0 bridgehead atoms. The van der Waals surface area contributed by atoms with Crippen molar-refractivity contribution in [2.24, 2.45) is 5.41 Å². The number of amides is 1. The van der Waals surface area contributed by atoms with Gasteiger partial charge in [0.15, 0.2) is 0 Å². The van der Waals surface area contributed by atoms with E-state index in [9.17, 15) is 9.59 Å². The zero-order valence-corrected chi connectivity index (χ0v) is 18.1. The number of piperidine rings is 1. The molecule has 1 saturated heterocycles. The molecule has 1 saturated carbocycles. The first-order chi connectivity index (χ1) is 13.1. The van der Waals surface area contributed by atoms with E-state index >= 15 is 0 Å². The van der Waals surface area contributed by atoms with Gasteiger partial charge in [-0.25, -0.2) is 4.79 Å². The van der Waals surface area contributed by atoms with Crippen molar-refractivity contribution in [1.82, 2.24) is 9.47 Å². The summed E-state index contributed by atoms with van der Waals surface area (Å²) < 4.78 is 13.5. The highest BCUT2D eigenvalue weighted by molar-refractivity contribution is 6.30. The molecular formula is C21H31ClN2O4. The lowest BCUT2D eigenvalue weighted by atomic mass is 9.65. The first-order valence-electron chi connectivity index (χ1n) is 9.99. The molecule has 2 fully saturated rings. The number of hydrogen-bond donors (Lipinski definition) is 0. The third-order valence-corrected chi connectivity index (χ3v) is 6.47. The predicted octanol–water partition coefficient (Wildman–Crippen LogP) is 4.09. The maximum Gasteiger partial charge on any atom is 0.410 e. The molecule has 1 amide bonds. The number of ether oxygens (including phenoxy) is 2. The van der Waals surface area contributed by atoms with Gasteiger partial charge >= 0.3 is 6.09 Å². The molecular weight excluding hydrogens is 380 g/mol. The first kappa shape index (κ1) is 21.2. The average Bonchev–Trinajstić information content (AvgIpc) is 3.07. The lowest BCUT2D eigenvalue weighted by Crippen LogP contribution is -2.63. The summed E-state index contributed by atoms with van der Waals surface area (Å²) in [5.41, 5.74) is -1.34. The van der Waals surface area contributed by atoms with E-state index in [0.717, 1.165) is 25.7 Å². The summed E-state index contributed by atoms with van der Waals surface area (Å²) in [6, 6.07) is 3.16. The van der Waals surface area contributed by atoms with Crippen molar-refractivity contribution in [3.63, 3.8) is 0 Å². The van der Waals surface area contributed by atoms with Gasteiger partial charge in [-0.3, -0.25) is 4.79 Å². The highest BCUT2D eigenvalue weighted by Crippen LogP contribution is 2.53. The fraction of sp³-hybridized carbons (Fsp3) is 0.714. The summed E-state index contributed by atoms with van der Waals surface area (Å²) >= 11 is 5.95. The number of halogens is 1. The van der Waals surface area contributed by atoms with Crippen LogP contribution in [0.1, 0.15) is 52.9 Å². The van der Waals surface area contributed by atoms with Crippen LogP contribution in [0.5, 0.6) is 0 Å². The SMILES string of the molecule is CO[C@@]1(Cn2ccc(Cl)cc2=O)CCN(C(=O)OC(C)(C)C)CC12CCCC2. The van der Waals surface area contributed by atoms with E-state index in [-0.39, 0.29) is 17.1 Å². The van der Waals surface area contributed by atoms with Crippen LogP contribution >= 0.6 is 11.6 Å². The Balaban J connectivity index is 1.89. The van der Waals surface area contributed by atoms with Gasteiger partial charge in [0.25, 0.3) is 5.56 Å². The molecule has 0 aromatic carbocycles. The molecule has 2 heterocycles. The number of methoxy groups -OCH3 is 1. The van der Waals surface area contributed by atoms with Crippen molar-refractivity contribution in [3.8, 4) is 0 Å². The van der Waals surface area contributed by atoms with Gasteiger partial charge in [-0.15, -0.1) is 0 Å². The number of carbonyl (C=O) groups excluding carboxylic acids is 1. The van der Waals surface area contributed by atoms with Gasteiger partial charge in [0.1, 0.15) is 5.60 Å². The molecule has 6 nitrogen and oxygen atoms in total. The largest absolute Gasteiger partial charge is 0.444 e. The number of carbonyl (C=O) groups is 1. The highest BCUT2D eigenvalue weighted by atomic mass is 35.5. The Bertz CT molecular complexity index is 779. The van der Waals surface area contributed by atoms with E-state index < -0.39 is 11.2 Å². The molecule has 1 atom stereocenters. The van der Waals surface area contributed by atoms with E-state index in [1.807, 2.05) is 25.7 Å². The Morgan fingerprint density at radius 1 is 1.25 bits per heavy atom. The predicted molar refractivity (Wildman–Crippen MR) is 109 cm³/mol. The van der Waals surface area contributed by atoms with Gasteiger partial charge < -0.3 is 18.9 Å². The minimum Gasteiger partial charge on any atom is -0.444 e. The second-order valence-corrected chi connectivity index (χ2v) is 9.59. The molecule has 7 heteroatoms.